The summed E-state index contributed by atoms with van der Waals surface area (Å²) in [6.45, 7) is 13.5. The highest BCUT2D eigenvalue weighted by Crippen LogP contribution is 2.12. The number of aliphatic hydroxyl groups is 1. The first-order valence-electron chi connectivity index (χ1n) is 8.25. The van der Waals surface area contributed by atoms with Crippen LogP contribution in [-0.2, 0) is 6.54 Å². The van der Waals surface area contributed by atoms with Gasteiger partial charge in [0.05, 0.1) is 0 Å². The average Bonchev–Trinajstić information content (AvgIpc) is 2.51. The van der Waals surface area contributed by atoms with Crippen molar-refractivity contribution in [1.82, 2.24) is 4.90 Å². The summed E-state index contributed by atoms with van der Waals surface area (Å²) in [6.07, 6.45) is 6.17. The van der Waals surface area contributed by atoms with Crippen molar-refractivity contribution in [3.63, 3.8) is 0 Å². The third-order valence-corrected chi connectivity index (χ3v) is 3.66. The fraction of sp³-hybridized carbons (Fsp3) is 0.500. The molecule has 0 saturated carbocycles. The Kier molecular flexibility index (Phi) is 8.79. The zero-order chi connectivity index (χ0) is 16.4. The fourth-order valence-electron chi connectivity index (χ4n) is 2.38. The second kappa shape index (κ2) is 10.4. The quantitative estimate of drug-likeness (QED) is 0.643. The van der Waals surface area contributed by atoms with Gasteiger partial charge in [0.2, 0.25) is 0 Å². The summed E-state index contributed by atoms with van der Waals surface area (Å²) in [5.41, 5.74) is 3.87. The molecule has 0 bridgehead atoms. The molecule has 1 aromatic rings. The van der Waals surface area contributed by atoms with E-state index in [4.69, 9.17) is 5.11 Å². The van der Waals surface area contributed by atoms with Gasteiger partial charge in [0.25, 0.3) is 0 Å². The third kappa shape index (κ3) is 7.58. The summed E-state index contributed by atoms with van der Waals surface area (Å²) in [5, 5.41) is 9.11. The van der Waals surface area contributed by atoms with Crippen LogP contribution in [0.25, 0.3) is 6.08 Å². The Morgan fingerprint density at radius 2 is 1.95 bits per heavy atom. The van der Waals surface area contributed by atoms with Gasteiger partial charge in [0, 0.05) is 26.2 Å². The molecule has 0 aliphatic heterocycles. The molecule has 1 N–H and O–H groups in total. The van der Waals surface area contributed by atoms with Crippen LogP contribution >= 0.6 is 0 Å². The van der Waals surface area contributed by atoms with Crippen molar-refractivity contribution >= 4 is 6.08 Å². The van der Waals surface area contributed by atoms with Gasteiger partial charge in [0.15, 0.2) is 0 Å². The number of allylic oxidation sites excluding steroid dienone is 1. The summed E-state index contributed by atoms with van der Waals surface area (Å²) >= 11 is 0. The molecule has 22 heavy (non-hydrogen) atoms. The van der Waals surface area contributed by atoms with Gasteiger partial charge in [-0.3, -0.25) is 4.90 Å². The Balaban J connectivity index is 2.65. The van der Waals surface area contributed by atoms with Crippen molar-refractivity contribution in [3.05, 3.63) is 53.6 Å². The highest BCUT2D eigenvalue weighted by Gasteiger charge is 2.07. The van der Waals surface area contributed by atoms with Gasteiger partial charge in [-0.1, -0.05) is 62.4 Å². The number of hydrogen-bond donors (Lipinski definition) is 1. The van der Waals surface area contributed by atoms with Gasteiger partial charge >= 0.3 is 0 Å². The molecule has 1 rings (SSSR count). The molecule has 0 aliphatic carbocycles. The Labute approximate surface area is 136 Å². The molecule has 122 valence electrons. The van der Waals surface area contributed by atoms with Crippen LogP contribution in [0.15, 0.2) is 42.5 Å². The Bertz CT molecular complexity index is 459. The van der Waals surface area contributed by atoms with Crippen LogP contribution in [0, 0.1) is 5.92 Å². The van der Waals surface area contributed by atoms with Crippen molar-refractivity contribution in [2.75, 3.05) is 19.7 Å². The summed E-state index contributed by atoms with van der Waals surface area (Å²) in [4.78, 5) is 2.41. The molecule has 0 amide bonds. The predicted molar refractivity (Wildman–Crippen MR) is 96.7 cm³/mol. The molecule has 0 aromatic heterocycles. The maximum atomic E-state index is 9.11. The maximum Gasteiger partial charge on any atom is 0.0443 e. The van der Waals surface area contributed by atoms with Gasteiger partial charge in [-0.15, -0.1) is 0 Å². The third-order valence-electron chi connectivity index (χ3n) is 3.66. The molecule has 2 heteroatoms. The number of aliphatic hydroxyl groups excluding tert-OH is 1. The number of benzene rings is 1. The lowest BCUT2D eigenvalue weighted by molar-refractivity contribution is 0.229. The predicted octanol–water partition coefficient (Wildman–Crippen LogP) is 4.51. The van der Waals surface area contributed by atoms with E-state index in [1.165, 1.54) is 11.1 Å². The zero-order valence-electron chi connectivity index (χ0n) is 14.4. The monoisotopic (exact) mass is 301 g/mol. The van der Waals surface area contributed by atoms with E-state index in [0.717, 1.165) is 38.0 Å². The Morgan fingerprint density at radius 3 is 2.50 bits per heavy atom. The van der Waals surface area contributed by atoms with Crippen molar-refractivity contribution < 1.29 is 5.11 Å². The van der Waals surface area contributed by atoms with Crippen LogP contribution in [0.1, 0.15) is 44.7 Å². The topological polar surface area (TPSA) is 23.5 Å². The number of hydrogen-bond acceptors (Lipinski definition) is 2. The molecular weight excluding hydrogens is 270 g/mol. The zero-order valence-corrected chi connectivity index (χ0v) is 14.4. The molecular formula is C20H31NO. The van der Waals surface area contributed by atoms with Crippen LogP contribution < -0.4 is 0 Å². The van der Waals surface area contributed by atoms with E-state index in [-0.39, 0.29) is 6.61 Å². The molecule has 1 aromatic carbocycles. The molecule has 2 nitrogen and oxygen atoms in total. The minimum Gasteiger partial charge on any atom is -0.396 e. The molecule has 0 atom stereocenters. The summed E-state index contributed by atoms with van der Waals surface area (Å²) in [6, 6.07) is 8.54. The smallest absolute Gasteiger partial charge is 0.0443 e. The first-order chi connectivity index (χ1) is 10.5. The van der Waals surface area contributed by atoms with Gasteiger partial charge in [-0.25, -0.2) is 0 Å². The van der Waals surface area contributed by atoms with Crippen molar-refractivity contribution in [2.24, 2.45) is 5.92 Å². The van der Waals surface area contributed by atoms with Crippen LogP contribution in [0.3, 0.4) is 0 Å². The standard InChI is InChI=1S/C20H31NO/c1-5-19-9-11-20(12-10-19)16-21(13-6-14-22)15-18(4)8-7-17(2)3/h5,8-12,17,22H,1,6-7,13-16H2,2-4H3/b18-8+. The Hall–Kier alpha value is -1.38. The van der Waals surface area contributed by atoms with E-state index in [1.807, 2.05) is 6.08 Å². The minimum atomic E-state index is 0.251. The van der Waals surface area contributed by atoms with Crippen molar-refractivity contribution in [2.45, 2.75) is 40.2 Å². The van der Waals surface area contributed by atoms with Crippen molar-refractivity contribution in [3.8, 4) is 0 Å². The molecule has 0 spiro atoms. The molecule has 0 heterocycles. The van der Waals surface area contributed by atoms with E-state index in [9.17, 15) is 0 Å². The van der Waals surface area contributed by atoms with Crippen molar-refractivity contribution in [1.29, 1.82) is 0 Å². The molecule has 0 unspecified atom stereocenters. The normalized spacial score (nSPS) is 12.2. The Morgan fingerprint density at radius 1 is 1.27 bits per heavy atom. The summed E-state index contributed by atoms with van der Waals surface area (Å²) < 4.78 is 0. The second-order valence-corrected chi connectivity index (χ2v) is 6.41. The summed E-state index contributed by atoms with van der Waals surface area (Å²) in [7, 11) is 0. The summed E-state index contributed by atoms with van der Waals surface area (Å²) in [5.74, 6) is 0.701. The van der Waals surface area contributed by atoms with Crippen LogP contribution in [0.5, 0.6) is 0 Å². The van der Waals surface area contributed by atoms with E-state index < -0.39 is 0 Å². The lowest BCUT2D eigenvalue weighted by Crippen LogP contribution is -2.27. The molecule has 0 aliphatic rings. The minimum absolute atomic E-state index is 0.251. The number of rotatable bonds is 10. The first kappa shape index (κ1) is 18.7. The number of nitrogens with zero attached hydrogens (tertiary/aromatic N) is 1. The van der Waals surface area contributed by atoms with E-state index in [1.54, 1.807) is 0 Å². The lowest BCUT2D eigenvalue weighted by Gasteiger charge is -2.23. The molecule has 0 radical (unpaired) electrons. The van der Waals surface area contributed by atoms with E-state index in [0.29, 0.717) is 5.92 Å². The largest absolute Gasteiger partial charge is 0.396 e. The van der Waals surface area contributed by atoms with Crippen LogP contribution in [0.4, 0.5) is 0 Å². The lowest BCUT2D eigenvalue weighted by atomic mass is 10.1. The average molecular weight is 301 g/mol. The second-order valence-electron chi connectivity index (χ2n) is 6.41. The van der Waals surface area contributed by atoms with Gasteiger partial charge < -0.3 is 5.11 Å². The fourth-order valence-corrected chi connectivity index (χ4v) is 2.38. The molecule has 0 saturated heterocycles. The van der Waals surface area contributed by atoms with Gasteiger partial charge in [0.1, 0.15) is 0 Å². The molecule has 0 fully saturated rings. The van der Waals surface area contributed by atoms with Gasteiger partial charge in [-0.2, -0.15) is 0 Å². The van der Waals surface area contributed by atoms with Crippen LogP contribution in [-0.4, -0.2) is 29.7 Å². The maximum absolute atomic E-state index is 9.11. The van der Waals surface area contributed by atoms with Crippen LogP contribution in [0.2, 0.25) is 0 Å². The highest BCUT2D eigenvalue weighted by atomic mass is 16.3. The SMILES string of the molecule is C=Cc1ccc(CN(CCCO)C/C(C)=C/CC(C)C)cc1. The van der Waals surface area contributed by atoms with E-state index >= 15 is 0 Å². The highest BCUT2D eigenvalue weighted by molar-refractivity contribution is 5.47. The van der Waals surface area contributed by atoms with Gasteiger partial charge in [-0.05, 0) is 36.8 Å². The van der Waals surface area contributed by atoms with E-state index in [2.05, 4.69) is 62.6 Å². The first-order valence-corrected chi connectivity index (χ1v) is 8.25.